The van der Waals surface area contributed by atoms with Gasteiger partial charge in [0, 0.05) is 49.3 Å². The van der Waals surface area contributed by atoms with Gasteiger partial charge in [-0.2, -0.15) is 0 Å². The van der Waals surface area contributed by atoms with Crippen molar-refractivity contribution in [2.24, 2.45) is 47.2 Å². The largest absolute Gasteiger partial charge is 0.480 e. The number of amides is 10. The van der Waals surface area contributed by atoms with E-state index in [2.05, 4.69) is 16.0 Å². The highest BCUT2D eigenvalue weighted by molar-refractivity contribution is 5.98. The summed E-state index contributed by atoms with van der Waals surface area (Å²) in [4.78, 5) is 162. The molecule has 488 valence electrons. The molecule has 7 N–H and O–H groups in total. The van der Waals surface area contributed by atoms with Crippen LogP contribution in [0.25, 0.3) is 0 Å². The summed E-state index contributed by atoms with van der Waals surface area (Å²) < 4.78 is 0. The molecule has 0 spiro atoms. The SMILES string of the molecule is C/C=C/CC(C)C(O)[C@@H](C(=O)N[C@@H](CC)C(=O)N(C)CC(=O)N(C)[C@@H](CC(C)C)C(=O)N[C@H](C(=O)N(C)[C@@H](C(=O)O)C(C)C)C(C)C)N(C)C(=O)[C@H](C(C)C)N(C)C(=O)[C@H](CC(C)C)N(C)C(=O)[C@H](CC(C)C)N(C)C(=O)[C@@H](C)NC(=O)[C@H](C)N. The Morgan fingerprint density at radius 2 is 0.918 bits per heavy atom. The number of nitrogens with zero attached hydrogens (tertiary/aromatic N) is 7. The van der Waals surface area contributed by atoms with Crippen molar-refractivity contribution in [1.82, 2.24) is 50.2 Å². The number of nitrogens with one attached hydrogen (secondary N) is 3. The molecule has 24 heteroatoms. The van der Waals surface area contributed by atoms with E-state index in [1.807, 2.05) is 41.5 Å². The Hall–Kier alpha value is -6.17. The minimum absolute atomic E-state index is 0.00496. The predicted molar refractivity (Wildman–Crippen MR) is 328 cm³/mol. The maximum atomic E-state index is 15.1. The number of rotatable bonds is 35. The summed E-state index contributed by atoms with van der Waals surface area (Å²) in [6, 6.07) is -11.7. The molecule has 0 heterocycles. The van der Waals surface area contributed by atoms with Gasteiger partial charge in [-0.1, -0.05) is 109 Å². The van der Waals surface area contributed by atoms with Crippen molar-refractivity contribution >= 4 is 65.0 Å². The van der Waals surface area contributed by atoms with Crippen molar-refractivity contribution in [3.8, 4) is 0 Å². The van der Waals surface area contributed by atoms with Crippen LogP contribution >= 0.6 is 0 Å². The van der Waals surface area contributed by atoms with Gasteiger partial charge >= 0.3 is 5.97 Å². The molecular weight excluding hydrogens is 1090 g/mol. The van der Waals surface area contributed by atoms with E-state index in [0.29, 0.717) is 6.42 Å². The molecule has 0 aromatic carbocycles. The van der Waals surface area contributed by atoms with Gasteiger partial charge in [0.1, 0.15) is 54.4 Å². The van der Waals surface area contributed by atoms with Gasteiger partial charge in [0.2, 0.25) is 59.1 Å². The highest BCUT2D eigenvalue weighted by atomic mass is 16.4. The Balaban J connectivity index is 7.17. The number of nitrogens with two attached hydrogens (primary N) is 1. The van der Waals surface area contributed by atoms with Crippen molar-refractivity contribution < 1.29 is 63.0 Å². The van der Waals surface area contributed by atoms with Crippen LogP contribution in [0.1, 0.15) is 150 Å². The van der Waals surface area contributed by atoms with Crippen LogP contribution in [0.4, 0.5) is 0 Å². The molecule has 0 fully saturated rings. The Morgan fingerprint density at radius 1 is 0.482 bits per heavy atom. The molecule has 10 amide bonds. The second-order valence-electron chi connectivity index (χ2n) is 25.5. The van der Waals surface area contributed by atoms with Crippen LogP contribution in [0.15, 0.2) is 12.2 Å². The first-order valence-electron chi connectivity index (χ1n) is 30.1. The smallest absolute Gasteiger partial charge is 0.326 e. The molecule has 0 radical (unpaired) electrons. The average Bonchev–Trinajstić information content (AvgIpc) is 2.47. The lowest BCUT2D eigenvalue weighted by Crippen LogP contribution is -2.63. The normalized spacial score (nSPS) is 16.0. The first-order valence-corrected chi connectivity index (χ1v) is 30.1. The Morgan fingerprint density at radius 3 is 1.33 bits per heavy atom. The van der Waals surface area contributed by atoms with E-state index in [1.165, 1.54) is 82.8 Å². The number of aliphatic hydroxyl groups excluding tert-OH is 1. The van der Waals surface area contributed by atoms with Crippen LogP contribution in [0, 0.1) is 41.4 Å². The number of hydrogen-bond donors (Lipinski definition) is 6. The third-order valence-electron chi connectivity index (χ3n) is 15.6. The van der Waals surface area contributed by atoms with Crippen molar-refractivity contribution in [1.29, 1.82) is 0 Å². The molecule has 12 atom stereocenters. The molecule has 0 aliphatic carbocycles. The third-order valence-corrected chi connectivity index (χ3v) is 15.6. The molecule has 0 aromatic rings. The number of hydrogen-bond acceptors (Lipinski definition) is 13. The number of likely N-dealkylation sites (N-methyl/N-ethyl adjacent to an activating group) is 7. The fourth-order valence-corrected chi connectivity index (χ4v) is 10.3. The first kappa shape index (κ1) is 78.8. The van der Waals surface area contributed by atoms with E-state index in [1.54, 1.807) is 74.5 Å². The minimum Gasteiger partial charge on any atom is -0.480 e. The van der Waals surface area contributed by atoms with E-state index in [0.717, 1.165) is 14.7 Å². The molecule has 24 nitrogen and oxygen atoms in total. The molecule has 2 unspecified atom stereocenters. The maximum absolute atomic E-state index is 15.1. The van der Waals surface area contributed by atoms with Gasteiger partial charge in [0.15, 0.2) is 0 Å². The molecule has 0 aliphatic rings. The van der Waals surface area contributed by atoms with Crippen LogP contribution in [-0.4, -0.2) is 232 Å². The molecule has 0 rings (SSSR count). The predicted octanol–water partition coefficient (Wildman–Crippen LogP) is 2.79. The quantitative estimate of drug-likeness (QED) is 0.0498. The summed E-state index contributed by atoms with van der Waals surface area (Å²) in [6.07, 6.45) is 2.88. The van der Waals surface area contributed by atoms with Crippen LogP contribution < -0.4 is 21.7 Å². The van der Waals surface area contributed by atoms with Gasteiger partial charge in [-0.25, -0.2) is 4.79 Å². The summed E-state index contributed by atoms with van der Waals surface area (Å²) in [5, 5.41) is 30.0. The summed E-state index contributed by atoms with van der Waals surface area (Å²) in [7, 11) is 9.82. The zero-order valence-electron chi connectivity index (χ0n) is 55.9. The van der Waals surface area contributed by atoms with Crippen LogP contribution in [-0.2, 0) is 52.7 Å². The van der Waals surface area contributed by atoms with E-state index in [-0.39, 0.29) is 43.4 Å². The van der Waals surface area contributed by atoms with Crippen LogP contribution in [0.2, 0.25) is 0 Å². The summed E-state index contributed by atoms with van der Waals surface area (Å²) in [5.41, 5.74) is 5.73. The van der Waals surface area contributed by atoms with Gasteiger partial charge in [-0.15, -0.1) is 0 Å². The highest BCUT2D eigenvalue weighted by Crippen LogP contribution is 2.25. The zero-order chi connectivity index (χ0) is 66.6. The third kappa shape index (κ3) is 22.9. The number of carboxylic acid groups (broad SMARTS) is 1. The monoisotopic (exact) mass is 1210 g/mol. The van der Waals surface area contributed by atoms with Gasteiger partial charge < -0.3 is 66.2 Å². The highest BCUT2D eigenvalue weighted by Gasteiger charge is 2.45. The average molecular weight is 1210 g/mol. The first-order chi connectivity index (χ1) is 39.1. The Labute approximate surface area is 508 Å². The summed E-state index contributed by atoms with van der Waals surface area (Å²) in [6.45, 7) is 28.9. The van der Waals surface area contributed by atoms with Crippen LogP contribution in [0.5, 0.6) is 0 Å². The van der Waals surface area contributed by atoms with E-state index < -0.39 is 162 Å². The second kappa shape index (κ2) is 36.1. The fraction of sp³-hybridized carbons (Fsp3) is 0.787. The van der Waals surface area contributed by atoms with Crippen molar-refractivity contribution in [2.45, 2.75) is 216 Å². The van der Waals surface area contributed by atoms with Crippen molar-refractivity contribution in [3.05, 3.63) is 12.2 Å². The van der Waals surface area contributed by atoms with E-state index >= 15 is 4.79 Å². The van der Waals surface area contributed by atoms with Crippen LogP contribution in [0.3, 0.4) is 0 Å². The molecular formula is C61H111N11O13. The lowest BCUT2D eigenvalue weighted by atomic mass is 9.91. The lowest BCUT2D eigenvalue weighted by Gasteiger charge is -2.41. The Kier molecular flexibility index (Phi) is 33.5. The van der Waals surface area contributed by atoms with Gasteiger partial charge in [0.25, 0.3) is 0 Å². The van der Waals surface area contributed by atoms with E-state index in [4.69, 9.17) is 5.73 Å². The molecule has 0 aliphatic heterocycles. The van der Waals surface area contributed by atoms with Gasteiger partial charge in [0.05, 0.1) is 18.7 Å². The molecule has 0 saturated carbocycles. The fourth-order valence-electron chi connectivity index (χ4n) is 10.3. The number of carbonyl (C=O) groups excluding carboxylic acids is 10. The van der Waals surface area contributed by atoms with Crippen molar-refractivity contribution in [3.63, 3.8) is 0 Å². The van der Waals surface area contributed by atoms with Crippen molar-refractivity contribution in [2.75, 3.05) is 55.9 Å². The standard InChI is InChI=1S/C61H111N11O13/c1-25-27-28-39(15)51(74)50(54(77)64-42(26-2)56(79)66(18)32-46(73)67(19)43(29-33(3)4)53(76)65-47(36(9)10)59(82)71(23)49(38(13)14)61(84)85)72(24)60(83)48(37(11)12)70(22)58(81)45(31-35(7)8)69(21)57(80)44(30-34(5)6)68(20)55(78)41(17)63-52(75)40(16)62/h25,27,33-45,47-51,74H,26,28-32,62H2,1-24H3,(H,63,75)(H,64,77)(H,65,76)(H,84,85)/b27-25+/t39?,40-,41+,42-,43-,44-,45-,47-,48-,49+,50-,51?/m0/s1. The van der Waals surface area contributed by atoms with Gasteiger partial charge in [-0.3, -0.25) is 47.9 Å². The molecule has 0 aromatic heterocycles. The second-order valence-corrected chi connectivity index (χ2v) is 25.5. The Bertz CT molecular complexity index is 2290. The molecule has 0 saturated heterocycles. The zero-order valence-corrected chi connectivity index (χ0v) is 55.9. The topological polar surface area (TPSA) is 313 Å². The molecule has 85 heavy (non-hydrogen) atoms. The summed E-state index contributed by atoms with van der Waals surface area (Å²) >= 11 is 0. The minimum atomic E-state index is -1.63. The number of carboxylic acids is 1. The molecule has 0 bridgehead atoms. The number of aliphatic hydroxyl groups is 1. The summed E-state index contributed by atoms with van der Waals surface area (Å²) in [5.74, 6) is -10.2. The number of allylic oxidation sites excluding steroid dienone is 2. The van der Waals surface area contributed by atoms with Gasteiger partial charge in [-0.05, 0) is 94.3 Å². The lowest BCUT2D eigenvalue weighted by molar-refractivity contribution is -0.157. The maximum Gasteiger partial charge on any atom is 0.326 e. The van der Waals surface area contributed by atoms with E-state index in [9.17, 15) is 58.2 Å². The number of carbonyl (C=O) groups is 11. The number of aliphatic carboxylic acids is 1.